The van der Waals surface area contributed by atoms with Crippen LogP contribution in [0.5, 0.6) is 0 Å². The van der Waals surface area contributed by atoms with Gasteiger partial charge in [0, 0.05) is 32.3 Å². The maximum atomic E-state index is 14.4. The topological polar surface area (TPSA) is 76.7 Å². The number of aromatic amines is 1. The molecule has 0 aliphatic carbocycles. The second-order valence-corrected chi connectivity index (χ2v) is 7.07. The molecule has 8 heteroatoms. The minimum absolute atomic E-state index is 0.203. The van der Waals surface area contributed by atoms with Gasteiger partial charge in [0.2, 0.25) is 0 Å². The SMILES string of the molecule is COC(=O)c1ccc2nc(CO[C@H]3CN(C4CCOCC4)C[C@H]3F)[nH]c2c1. The van der Waals surface area contributed by atoms with Gasteiger partial charge >= 0.3 is 5.97 Å². The maximum absolute atomic E-state index is 14.4. The summed E-state index contributed by atoms with van der Waals surface area (Å²) >= 11 is 0. The normalized spacial score (nSPS) is 24.5. The molecule has 7 nitrogen and oxygen atoms in total. The molecule has 1 N–H and O–H groups in total. The number of carbonyl (C=O) groups is 1. The highest BCUT2D eigenvalue weighted by Gasteiger charge is 2.37. The number of fused-ring (bicyclic) bond motifs is 1. The van der Waals surface area contributed by atoms with Crippen molar-refractivity contribution in [3.05, 3.63) is 29.6 Å². The number of halogens is 1. The molecule has 146 valence electrons. The molecule has 2 aliphatic heterocycles. The number of imidazole rings is 1. The van der Waals surface area contributed by atoms with Crippen molar-refractivity contribution in [3.63, 3.8) is 0 Å². The number of carbonyl (C=O) groups excluding carboxylic acids is 1. The van der Waals surface area contributed by atoms with Crippen molar-refractivity contribution in [1.29, 1.82) is 0 Å². The summed E-state index contributed by atoms with van der Waals surface area (Å²) in [4.78, 5) is 21.4. The van der Waals surface area contributed by atoms with Crippen LogP contribution in [0.15, 0.2) is 18.2 Å². The fraction of sp³-hybridized carbons (Fsp3) is 0.579. The molecule has 0 saturated carbocycles. The van der Waals surface area contributed by atoms with Gasteiger partial charge in [-0.15, -0.1) is 0 Å². The molecule has 0 radical (unpaired) electrons. The number of methoxy groups -OCH3 is 1. The van der Waals surface area contributed by atoms with Crippen molar-refractivity contribution < 1.29 is 23.4 Å². The van der Waals surface area contributed by atoms with E-state index in [0.29, 0.717) is 30.5 Å². The lowest BCUT2D eigenvalue weighted by atomic mass is 10.1. The lowest BCUT2D eigenvalue weighted by Gasteiger charge is -2.30. The van der Waals surface area contributed by atoms with Crippen LogP contribution in [0.3, 0.4) is 0 Å². The average molecular weight is 377 g/mol. The molecule has 1 aromatic heterocycles. The van der Waals surface area contributed by atoms with Crippen LogP contribution >= 0.6 is 0 Å². The van der Waals surface area contributed by atoms with Crippen LogP contribution < -0.4 is 0 Å². The first-order chi connectivity index (χ1) is 13.1. The summed E-state index contributed by atoms with van der Waals surface area (Å²) in [6.45, 7) is 2.71. The molecule has 1 aromatic carbocycles. The Morgan fingerprint density at radius 1 is 1.37 bits per heavy atom. The number of esters is 1. The second kappa shape index (κ2) is 7.92. The van der Waals surface area contributed by atoms with Crippen molar-refractivity contribution in [3.8, 4) is 0 Å². The van der Waals surface area contributed by atoms with Crippen LogP contribution in [0.4, 0.5) is 4.39 Å². The third kappa shape index (κ3) is 3.97. The van der Waals surface area contributed by atoms with Crippen molar-refractivity contribution >= 4 is 17.0 Å². The number of H-pyrrole nitrogens is 1. The Bertz CT molecular complexity index is 805. The number of ether oxygens (including phenoxy) is 3. The zero-order chi connectivity index (χ0) is 18.8. The highest BCUT2D eigenvalue weighted by atomic mass is 19.1. The number of aromatic nitrogens is 2. The highest BCUT2D eigenvalue weighted by Crippen LogP contribution is 2.24. The molecule has 4 rings (SSSR count). The number of benzene rings is 1. The Labute approximate surface area is 156 Å². The molecular weight excluding hydrogens is 353 g/mol. The monoisotopic (exact) mass is 377 g/mol. The van der Waals surface area contributed by atoms with Crippen LogP contribution in [0.25, 0.3) is 11.0 Å². The fourth-order valence-electron chi connectivity index (χ4n) is 3.83. The van der Waals surface area contributed by atoms with Crippen LogP contribution in [-0.4, -0.2) is 72.6 Å². The van der Waals surface area contributed by atoms with E-state index in [0.717, 1.165) is 37.1 Å². The molecular formula is C19H24FN3O4. The summed E-state index contributed by atoms with van der Waals surface area (Å²) in [5.74, 6) is 0.215. The third-order valence-corrected chi connectivity index (χ3v) is 5.32. The molecule has 2 saturated heterocycles. The van der Waals surface area contributed by atoms with Gasteiger partial charge in [-0.2, -0.15) is 0 Å². The smallest absolute Gasteiger partial charge is 0.337 e. The number of hydrogen-bond acceptors (Lipinski definition) is 6. The van der Waals surface area contributed by atoms with Crippen LogP contribution in [0.2, 0.25) is 0 Å². The number of nitrogens with zero attached hydrogens (tertiary/aromatic N) is 2. The van der Waals surface area contributed by atoms with Gasteiger partial charge in [0.1, 0.15) is 24.7 Å². The largest absolute Gasteiger partial charge is 0.465 e. The van der Waals surface area contributed by atoms with Crippen LogP contribution in [0, 0.1) is 0 Å². The molecule has 27 heavy (non-hydrogen) atoms. The molecule has 2 fully saturated rings. The van der Waals surface area contributed by atoms with Crippen LogP contribution in [0.1, 0.15) is 29.0 Å². The Balaban J connectivity index is 1.37. The summed E-state index contributed by atoms with van der Waals surface area (Å²) < 4.78 is 30.3. The number of rotatable bonds is 5. The summed E-state index contributed by atoms with van der Waals surface area (Å²) in [5.41, 5.74) is 1.91. The first-order valence-corrected chi connectivity index (χ1v) is 9.28. The number of likely N-dealkylation sites (tertiary alicyclic amines) is 1. The average Bonchev–Trinajstić information content (AvgIpc) is 3.28. The third-order valence-electron chi connectivity index (χ3n) is 5.32. The molecule has 2 atom stereocenters. The van der Waals surface area contributed by atoms with E-state index < -0.39 is 18.2 Å². The van der Waals surface area contributed by atoms with Gasteiger partial charge in [0.05, 0.1) is 23.7 Å². The van der Waals surface area contributed by atoms with Crippen molar-refractivity contribution in [1.82, 2.24) is 14.9 Å². The summed E-state index contributed by atoms with van der Waals surface area (Å²) in [5, 5.41) is 0. The molecule has 2 aromatic rings. The van der Waals surface area contributed by atoms with Gasteiger partial charge in [0.15, 0.2) is 0 Å². The molecule has 2 aliphatic rings. The Morgan fingerprint density at radius 3 is 2.96 bits per heavy atom. The van der Waals surface area contributed by atoms with E-state index in [1.807, 2.05) is 0 Å². The van der Waals surface area contributed by atoms with Crippen molar-refractivity contribution in [2.24, 2.45) is 0 Å². The zero-order valence-electron chi connectivity index (χ0n) is 15.3. The van der Waals surface area contributed by atoms with E-state index in [4.69, 9.17) is 14.2 Å². The van der Waals surface area contributed by atoms with Gasteiger partial charge in [0.25, 0.3) is 0 Å². The fourth-order valence-corrected chi connectivity index (χ4v) is 3.83. The van der Waals surface area contributed by atoms with E-state index in [1.165, 1.54) is 7.11 Å². The van der Waals surface area contributed by atoms with E-state index in [9.17, 15) is 9.18 Å². The Morgan fingerprint density at radius 2 is 2.19 bits per heavy atom. The second-order valence-electron chi connectivity index (χ2n) is 7.07. The number of nitrogens with one attached hydrogen (secondary N) is 1. The molecule has 0 unspecified atom stereocenters. The number of hydrogen-bond donors (Lipinski definition) is 1. The van der Waals surface area contributed by atoms with Gasteiger partial charge in [-0.05, 0) is 31.0 Å². The lowest BCUT2D eigenvalue weighted by molar-refractivity contribution is 0.00313. The minimum Gasteiger partial charge on any atom is -0.465 e. The maximum Gasteiger partial charge on any atom is 0.337 e. The van der Waals surface area contributed by atoms with Gasteiger partial charge in [-0.1, -0.05) is 0 Å². The van der Waals surface area contributed by atoms with Gasteiger partial charge < -0.3 is 19.2 Å². The first-order valence-electron chi connectivity index (χ1n) is 9.28. The molecule has 0 bridgehead atoms. The van der Waals surface area contributed by atoms with E-state index >= 15 is 0 Å². The van der Waals surface area contributed by atoms with Crippen molar-refractivity contribution in [2.45, 2.75) is 37.8 Å². The summed E-state index contributed by atoms with van der Waals surface area (Å²) in [6, 6.07) is 5.49. The van der Waals surface area contributed by atoms with E-state index in [1.54, 1.807) is 18.2 Å². The van der Waals surface area contributed by atoms with E-state index in [-0.39, 0.29) is 6.61 Å². The molecule has 3 heterocycles. The predicted octanol–water partition coefficient (Wildman–Crippen LogP) is 2.07. The van der Waals surface area contributed by atoms with Crippen molar-refractivity contribution in [2.75, 3.05) is 33.4 Å². The summed E-state index contributed by atoms with van der Waals surface area (Å²) in [6.07, 6.45) is 0.451. The quantitative estimate of drug-likeness (QED) is 0.804. The zero-order valence-corrected chi connectivity index (χ0v) is 15.3. The molecule has 0 amide bonds. The van der Waals surface area contributed by atoms with E-state index in [2.05, 4.69) is 14.9 Å². The Kier molecular flexibility index (Phi) is 5.38. The predicted molar refractivity (Wildman–Crippen MR) is 96.3 cm³/mol. The molecule has 0 spiro atoms. The minimum atomic E-state index is -0.997. The Hall–Kier alpha value is -2.03. The number of alkyl halides is 1. The lowest BCUT2D eigenvalue weighted by Crippen LogP contribution is -2.38. The van der Waals surface area contributed by atoms with Crippen LogP contribution in [-0.2, 0) is 20.8 Å². The van der Waals surface area contributed by atoms with Gasteiger partial charge in [-0.3, -0.25) is 4.90 Å². The summed E-state index contributed by atoms with van der Waals surface area (Å²) in [7, 11) is 1.34. The standard InChI is InChI=1S/C19H24FN3O4/c1-25-19(24)12-2-3-15-16(8-12)22-18(21-15)11-27-17-10-23(9-14(17)20)13-4-6-26-7-5-13/h2-3,8,13-14,17H,4-7,9-11H2,1H3,(H,21,22)/t14-,17+/m1/s1. The van der Waals surface area contributed by atoms with Gasteiger partial charge in [-0.25, -0.2) is 14.2 Å². The highest BCUT2D eigenvalue weighted by molar-refractivity contribution is 5.93. The first kappa shape index (κ1) is 18.3.